The molecule has 1 heterocycles. The lowest BCUT2D eigenvalue weighted by molar-refractivity contribution is -0.416. The van der Waals surface area contributed by atoms with Crippen LogP contribution in [0.2, 0.25) is 0 Å². The zero-order chi connectivity index (χ0) is 20.6. The van der Waals surface area contributed by atoms with E-state index in [-0.39, 0.29) is 31.1 Å². The Hall–Kier alpha value is -1.96. The van der Waals surface area contributed by atoms with Crippen molar-refractivity contribution in [3.63, 3.8) is 0 Å². The first-order chi connectivity index (χ1) is 14.0. The number of halogens is 1. The first-order valence-corrected chi connectivity index (χ1v) is 10.0. The number of esters is 1. The fourth-order valence-electron chi connectivity index (χ4n) is 3.31. The van der Waals surface area contributed by atoms with Gasteiger partial charge in [-0.1, -0.05) is 60.7 Å². The van der Waals surface area contributed by atoms with Crippen molar-refractivity contribution in [2.75, 3.05) is 6.61 Å². The SMILES string of the molecule is C[C@@H]1OC[C@H]([NH3+])C(=O)O[C@@H](C)[C@H](OCc2ccccc2)[C@H]1OCc1ccccc1.[Cl-]. The molecule has 0 saturated carbocycles. The van der Waals surface area contributed by atoms with E-state index in [1.54, 1.807) is 0 Å². The smallest absolute Gasteiger partial charge is 0.367 e. The van der Waals surface area contributed by atoms with Crippen LogP contribution in [0.4, 0.5) is 0 Å². The van der Waals surface area contributed by atoms with Gasteiger partial charge in [-0.2, -0.15) is 0 Å². The monoisotopic (exact) mass is 435 g/mol. The number of hydrogen-bond acceptors (Lipinski definition) is 5. The standard InChI is InChI=1S/C23H29NO5.ClH/c1-16-21(27-13-18-9-5-3-6-10-18)22(28-14-19-11-7-4-8-12-19)17(2)29-23(25)20(24)15-26-16;/h3-12,16-17,20-22H,13-15,24H2,1-2H3;1H/t16-,17-,20-,21-,22-;/m0./s1. The van der Waals surface area contributed by atoms with Crippen LogP contribution in [0.1, 0.15) is 25.0 Å². The van der Waals surface area contributed by atoms with Gasteiger partial charge < -0.3 is 37.1 Å². The minimum Gasteiger partial charge on any atom is -1.00 e. The number of quaternary nitrogens is 1. The van der Waals surface area contributed by atoms with E-state index in [2.05, 4.69) is 5.73 Å². The van der Waals surface area contributed by atoms with Crippen molar-refractivity contribution in [2.45, 2.75) is 57.5 Å². The summed E-state index contributed by atoms with van der Waals surface area (Å²) in [6, 6.07) is 19.2. The molecule has 0 amide bonds. The molecule has 0 radical (unpaired) electrons. The number of carbonyl (C=O) groups excluding carboxylic acids is 1. The maximum atomic E-state index is 12.3. The molecule has 0 bridgehead atoms. The van der Waals surface area contributed by atoms with Crippen LogP contribution >= 0.6 is 0 Å². The number of hydrogen-bond donors (Lipinski definition) is 1. The summed E-state index contributed by atoms with van der Waals surface area (Å²) in [6.07, 6.45) is -1.68. The molecule has 0 aliphatic carbocycles. The predicted molar refractivity (Wildman–Crippen MR) is 108 cm³/mol. The van der Waals surface area contributed by atoms with Crippen molar-refractivity contribution in [1.82, 2.24) is 0 Å². The molecule has 1 aliphatic heterocycles. The van der Waals surface area contributed by atoms with E-state index in [1.165, 1.54) is 0 Å². The number of benzene rings is 2. The molecule has 2 aromatic rings. The van der Waals surface area contributed by atoms with E-state index in [0.717, 1.165) is 11.1 Å². The van der Waals surface area contributed by atoms with Crippen molar-refractivity contribution >= 4 is 5.97 Å². The minimum absolute atomic E-state index is 0. The second-order valence-electron chi connectivity index (χ2n) is 7.40. The van der Waals surface area contributed by atoms with Gasteiger partial charge >= 0.3 is 5.97 Å². The molecule has 3 N–H and O–H groups in total. The highest BCUT2D eigenvalue weighted by Crippen LogP contribution is 2.22. The van der Waals surface area contributed by atoms with Crippen LogP contribution in [-0.2, 0) is 37.0 Å². The largest absolute Gasteiger partial charge is 1.00 e. The minimum atomic E-state index is -0.581. The quantitative estimate of drug-likeness (QED) is 0.596. The summed E-state index contributed by atoms with van der Waals surface area (Å²) in [5.74, 6) is -0.387. The number of ether oxygens (including phenoxy) is 4. The van der Waals surface area contributed by atoms with E-state index >= 15 is 0 Å². The van der Waals surface area contributed by atoms with Gasteiger partial charge in [-0.3, -0.25) is 0 Å². The molecule has 164 valence electrons. The summed E-state index contributed by atoms with van der Waals surface area (Å²) in [4.78, 5) is 12.3. The zero-order valence-electron chi connectivity index (χ0n) is 17.4. The van der Waals surface area contributed by atoms with Crippen molar-refractivity contribution in [1.29, 1.82) is 0 Å². The molecular weight excluding hydrogens is 406 g/mol. The summed E-state index contributed by atoms with van der Waals surface area (Å²) in [6.45, 7) is 4.75. The highest BCUT2D eigenvalue weighted by atomic mass is 35.5. The first-order valence-electron chi connectivity index (χ1n) is 10.0. The number of rotatable bonds is 6. The summed E-state index contributed by atoms with van der Waals surface area (Å²) in [5.41, 5.74) is 5.94. The molecule has 0 spiro atoms. The summed E-state index contributed by atoms with van der Waals surface area (Å²) >= 11 is 0. The molecule has 1 fully saturated rings. The van der Waals surface area contributed by atoms with Crippen molar-refractivity contribution in [2.24, 2.45) is 0 Å². The van der Waals surface area contributed by atoms with Crippen molar-refractivity contribution in [3.05, 3.63) is 71.8 Å². The van der Waals surface area contributed by atoms with E-state index in [0.29, 0.717) is 13.2 Å². The number of cyclic esters (lactones) is 1. The van der Waals surface area contributed by atoms with Gasteiger partial charge in [0.05, 0.1) is 19.3 Å². The Morgan fingerprint density at radius 1 is 0.867 bits per heavy atom. The van der Waals surface area contributed by atoms with Gasteiger partial charge in [0.25, 0.3) is 0 Å². The van der Waals surface area contributed by atoms with Crippen LogP contribution in [0.5, 0.6) is 0 Å². The third-order valence-corrected chi connectivity index (χ3v) is 5.02. The second-order valence-corrected chi connectivity index (χ2v) is 7.40. The molecule has 1 aliphatic rings. The summed E-state index contributed by atoms with van der Waals surface area (Å²) < 4.78 is 24.0. The summed E-state index contributed by atoms with van der Waals surface area (Å²) in [7, 11) is 0. The van der Waals surface area contributed by atoms with Gasteiger partial charge in [0.2, 0.25) is 6.04 Å². The lowest BCUT2D eigenvalue weighted by Crippen LogP contribution is -3.00. The fraction of sp³-hybridized carbons (Fsp3) is 0.435. The molecule has 2 aromatic carbocycles. The third kappa shape index (κ3) is 6.79. The van der Waals surface area contributed by atoms with Crippen molar-refractivity contribution < 1.29 is 41.9 Å². The zero-order valence-corrected chi connectivity index (χ0v) is 18.2. The average Bonchev–Trinajstić information content (AvgIpc) is 2.77. The molecular formula is C23H30ClNO5. The van der Waals surface area contributed by atoms with Crippen LogP contribution in [0, 0.1) is 0 Å². The van der Waals surface area contributed by atoms with Gasteiger partial charge in [-0.15, -0.1) is 0 Å². The highest BCUT2D eigenvalue weighted by molar-refractivity contribution is 5.74. The van der Waals surface area contributed by atoms with Gasteiger partial charge in [0.15, 0.2) is 0 Å². The first kappa shape index (κ1) is 24.3. The van der Waals surface area contributed by atoms with Crippen LogP contribution in [0.25, 0.3) is 0 Å². The Balaban J connectivity index is 0.00000320. The molecule has 6 nitrogen and oxygen atoms in total. The molecule has 0 aromatic heterocycles. The molecule has 1 saturated heterocycles. The van der Waals surface area contributed by atoms with Gasteiger partial charge in [0, 0.05) is 0 Å². The van der Waals surface area contributed by atoms with E-state index < -0.39 is 24.4 Å². The maximum Gasteiger partial charge on any atom is 0.367 e. The third-order valence-electron chi connectivity index (χ3n) is 5.02. The Kier molecular flexibility index (Phi) is 9.75. The Labute approximate surface area is 184 Å². The van der Waals surface area contributed by atoms with Crippen LogP contribution < -0.4 is 18.1 Å². The van der Waals surface area contributed by atoms with Crippen molar-refractivity contribution in [3.8, 4) is 0 Å². The average molecular weight is 436 g/mol. The van der Waals surface area contributed by atoms with E-state index in [9.17, 15) is 4.79 Å². The lowest BCUT2D eigenvalue weighted by Gasteiger charge is -2.33. The lowest BCUT2D eigenvalue weighted by atomic mass is 10.0. The molecule has 0 unspecified atom stereocenters. The van der Waals surface area contributed by atoms with E-state index in [4.69, 9.17) is 18.9 Å². The molecule has 5 atom stereocenters. The fourth-order valence-corrected chi connectivity index (χ4v) is 3.31. The Bertz CT molecular complexity index is 761. The van der Waals surface area contributed by atoms with Gasteiger partial charge in [-0.25, -0.2) is 4.79 Å². The molecule has 30 heavy (non-hydrogen) atoms. The van der Waals surface area contributed by atoms with Crippen LogP contribution in [0.15, 0.2) is 60.7 Å². The number of carbonyl (C=O) groups is 1. The summed E-state index contributed by atoms with van der Waals surface area (Å²) in [5, 5.41) is 0. The van der Waals surface area contributed by atoms with Gasteiger partial charge in [0.1, 0.15) is 24.9 Å². The topological polar surface area (TPSA) is 81.6 Å². The second kappa shape index (κ2) is 12.0. The van der Waals surface area contributed by atoms with Crippen LogP contribution in [-0.4, -0.2) is 43.0 Å². The highest BCUT2D eigenvalue weighted by Gasteiger charge is 2.39. The van der Waals surface area contributed by atoms with E-state index in [1.807, 2.05) is 74.5 Å². The van der Waals surface area contributed by atoms with Crippen LogP contribution in [0.3, 0.4) is 0 Å². The maximum absolute atomic E-state index is 12.3. The molecule has 7 heteroatoms. The predicted octanol–water partition coefficient (Wildman–Crippen LogP) is -0.878. The molecule has 3 rings (SSSR count). The Morgan fingerprint density at radius 2 is 1.33 bits per heavy atom. The van der Waals surface area contributed by atoms with Gasteiger partial charge in [-0.05, 0) is 25.0 Å². The Morgan fingerprint density at radius 3 is 1.83 bits per heavy atom. The normalized spacial score (nSPS) is 27.2.